The summed E-state index contributed by atoms with van der Waals surface area (Å²) >= 11 is 1.78. The molecule has 3 aromatic rings. The van der Waals surface area contributed by atoms with Crippen LogP contribution in [0.2, 0.25) is 0 Å². The highest BCUT2D eigenvalue weighted by Crippen LogP contribution is 2.41. The first kappa shape index (κ1) is 25.7. The van der Waals surface area contributed by atoms with Gasteiger partial charge in [0, 0.05) is 36.6 Å². The lowest BCUT2D eigenvalue weighted by Crippen LogP contribution is -2.22. The number of thioether (sulfide) groups is 1. The molecule has 6 heteroatoms. The van der Waals surface area contributed by atoms with Crippen molar-refractivity contribution in [2.75, 3.05) is 32.2 Å². The Hall–Kier alpha value is -2.41. The number of rotatable bonds is 13. The minimum Gasteiger partial charge on any atom is -0.381 e. The fraction of sp³-hybridized carbons (Fsp3) is 0.448. The van der Waals surface area contributed by atoms with Crippen LogP contribution in [0.1, 0.15) is 32.6 Å². The third-order valence-electron chi connectivity index (χ3n) is 6.64. The Morgan fingerprint density at radius 2 is 1.60 bits per heavy atom. The molecule has 0 spiro atoms. The Labute approximate surface area is 213 Å². The van der Waals surface area contributed by atoms with E-state index in [4.69, 9.17) is 14.6 Å². The number of benzene rings is 2. The fourth-order valence-electron chi connectivity index (χ4n) is 4.88. The maximum Gasteiger partial charge on any atom is 0.145 e. The van der Waals surface area contributed by atoms with Crippen LogP contribution in [-0.4, -0.2) is 48.2 Å². The monoisotopic (exact) mass is 492 g/mol. The van der Waals surface area contributed by atoms with Gasteiger partial charge in [0.25, 0.3) is 0 Å². The van der Waals surface area contributed by atoms with Crippen molar-refractivity contribution in [2.24, 2.45) is 11.8 Å². The zero-order valence-corrected chi connectivity index (χ0v) is 21.4. The van der Waals surface area contributed by atoms with E-state index >= 15 is 0 Å². The molecule has 1 fully saturated rings. The van der Waals surface area contributed by atoms with Crippen LogP contribution in [0.25, 0.3) is 22.4 Å². The average Bonchev–Trinajstić information content (AvgIpc) is 3.26. The lowest BCUT2D eigenvalue weighted by atomic mass is 9.82. The van der Waals surface area contributed by atoms with Gasteiger partial charge in [-0.15, -0.1) is 11.8 Å². The van der Waals surface area contributed by atoms with Crippen LogP contribution in [0.15, 0.2) is 65.7 Å². The molecule has 1 saturated carbocycles. The first-order valence-corrected chi connectivity index (χ1v) is 13.7. The summed E-state index contributed by atoms with van der Waals surface area (Å²) in [5.41, 5.74) is 4.82. The van der Waals surface area contributed by atoms with Crippen molar-refractivity contribution >= 4 is 18.0 Å². The molecule has 1 aliphatic carbocycles. The molecular formula is C29H36N2O3S. The van der Waals surface area contributed by atoms with E-state index < -0.39 is 0 Å². The van der Waals surface area contributed by atoms with E-state index in [0.717, 1.165) is 62.5 Å². The molecule has 1 aliphatic rings. The number of aromatic nitrogens is 2. The number of hydrogen-bond donors (Lipinski definition) is 0. The molecule has 0 atom stereocenters. The lowest BCUT2D eigenvalue weighted by Gasteiger charge is -2.28. The first-order valence-electron chi connectivity index (χ1n) is 12.7. The Morgan fingerprint density at radius 1 is 0.943 bits per heavy atom. The highest BCUT2D eigenvalue weighted by atomic mass is 32.2. The summed E-state index contributed by atoms with van der Waals surface area (Å²) in [6.45, 7) is 5.31. The maximum atomic E-state index is 10.5. The van der Waals surface area contributed by atoms with Gasteiger partial charge in [-0.25, -0.2) is 0 Å². The molecule has 1 aromatic heterocycles. The van der Waals surface area contributed by atoms with Crippen LogP contribution in [0, 0.1) is 11.8 Å². The third-order valence-corrected chi connectivity index (χ3v) is 7.57. The van der Waals surface area contributed by atoms with Crippen molar-refractivity contribution in [3.8, 4) is 22.4 Å². The highest BCUT2D eigenvalue weighted by Gasteiger charge is 2.26. The average molecular weight is 493 g/mol. The summed E-state index contributed by atoms with van der Waals surface area (Å²) in [4.78, 5) is 10.5. The summed E-state index contributed by atoms with van der Waals surface area (Å²) in [5, 5.41) is 6.27. The Bertz CT molecular complexity index is 1030. The second kappa shape index (κ2) is 13.6. The number of carbonyl (C=O) groups is 1. The van der Waals surface area contributed by atoms with Gasteiger partial charge in [-0.3, -0.25) is 4.68 Å². The Balaban J connectivity index is 1.61. The van der Waals surface area contributed by atoms with Crippen molar-refractivity contribution in [3.63, 3.8) is 0 Å². The van der Waals surface area contributed by atoms with Crippen LogP contribution >= 0.6 is 11.8 Å². The molecule has 0 radical (unpaired) electrons. The molecule has 0 unspecified atom stereocenters. The van der Waals surface area contributed by atoms with E-state index in [1.807, 2.05) is 6.92 Å². The molecule has 35 heavy (non-hydrogen) atoms. The predicted molar refractivity (Wildman–Crippen MR) is 143 cm³/mol. The molecule has 0 aliphatic heterocycles. The molecule has 1 heterocycles. The van der Waals surface area contributed by atoms with E-state index in [1.54, 1.807) is 11.8 Å². The third kappa shape index (κ3) is 7.06. The van der Waals surface area contributed by atoms with Crippen LogP contribution < -0.4 is 0 Å². The van der Waals surface area contributed by atoms with Crippen molar-refractivity contribution in [1.29, 1.82) is 0 Å². The van der Waals surface area contributed by atoms with Crippen molar-refractivity contribution in [3.05, 3.63) is 60.7 Å². The summed E-state index contributed by atoms with van der Waals surface area (Å²) in [6, 6.07) is 21.3. The highest BCUT2D eigenvalue weighted by molar-refractivity contribution is 7.99. The SMILES string of the molecule is CCOCCSc1nn(CC2CCC(COCC=O)CC2)c(-c2ccccc2)c1-c1ccccc1. The van der Waals surface area contributed by atoms with Crippen LogP contribution in [0.4, 0.5) is 0 Å². The molecule has 5 nitrogen and oxygen atoms in total. The van der Waals surface area contributed by atoms with E-state index in [-0.39, 0.29) is 6.61 Å². The van der Waals surface area contributed by atoms with E-state index in [9.17, 15) is 4.79 Å². The molecule has 0 bridgehead atoms. The second-order valence-electron chi connectivity index (χ2n) is 9.08. The van der Waals surface area contributed by atoms with Gasteiger partial charge >= 0.3 is 0 Å². The van der Waals surface area contributed by atoms with Crippen molar-refractivity contribution in [2.45, 2.75) is 44.2 Å². The largest absolute Gasteiger partial charge is 0.381 e. The van der Waals surface area contributed by atoms with Crippen LogP contribution in [0.3, 0.4) is 0 Å². The van der Waals surface area contributed by atoms with Crippen molar-refractivity contribution < 1.29 is 14.3 Å². The van der Waals surface area contributed by atoms with E-state index in [2.05, 4.69) is 65.3 Å². The molecular weight excluding hydrogens is 456 g/mol. The summed E-state index contributed by atoms with van der Waals surface area (Å²) < 4.78 is 13.3. The van der Waals surface area contributed by atoms with Gasteiger partial charge in [0.05, 0.1) is 12.3 Å². The van der Waals surface area contributed by atoms with Crippen molar-refractivity contribution in [1.82, 2.24) is 9.78 Å². The topological polar surface area (TPSA) is 53.4 Å². The van der Waals surface area contributed by atoms with Gasteiger partial charge in [-0.05, 0) is 50.0 Å². The molecule has 0 amide bonds. The van der Waals surface area contributed by atoms with E-state index in [1.165, 1.54) is 22.4 Å². The van der Waals surface area contributed by atoms with Crippen LogP contribution in [0.5, 0.6) is 0 Å². The van der Waals surface area contributed by atoms with Crippen LogP contribution in [-0.2, 0) is 20.8 Å². The number of hydrogen-bond acceptors (Lipinski definition) is 5. The first-order chi connectivity index (χ1) is 17.3. The number of ether oxygens (including phenoxy) is 2. The zero-order valence-electron chi connectivity index (χ0n) is 20.6. The standard InChI is InChI=1S/C29H36N2O3S/c1-2-33-19-20-35-29-27(25-9-5-3-6-10-25)28(26-11-7-4-8-12-26)31(30-29)21-23-13-15-24(16-14-23)22-34-18-17-32/h3-12,17,23-24H,2,13-16,18-22H2,1H3. The zero-order chi connectivity index (χ0) is 24.3. The smallest absolute Gasteiger partial charge is 0.145 e. The summed E-state index contributed by atoms with van der Waals surface area (Å²) in [6.07, 6.45) is 5.45. The Morgan fingerprint density at radius 3 is 2.26 bits per heavy atom. The Kier molecular flexibility index (Phi) is 9.99. The molecule has 0 saturated heterocycles. The van der Waals surface area contributed by atoms with Gasteiger partial charge in [0.2, 0.25) is 0 Å². The quantitative estimate of drug-likeness (QED) is 0.158. The molecule has 0 N–H and O–H groups in total. The van der Waals surface area contributed by atoms with Gasteiger partial charge in [0.1, 0.15) is 17.9 Å². The number of aldehydes is 1. The molecule has 2 aromatic carbocycles. The van der Waals surface area contributed by atoms with Gasteiger partial charge in [0.15, 0.2) is 0 Å². The van der Waals surface area contributed by atoms with E-state index in [0.29, 0.717) is 18.4 Å². The maximum absolute atomic E-state index is 10.5. The van der Waals surface area contributed by atoms with Gasteiger partial charge in [-0.1, -0.05) is 60.7 Å². The minimum absolute atomic E-state index is 0.208. The van der Waals surface area contributed by atoms with Gasteiger partial charge < -0.3 is 14.3 Å². The lowest BCUT2D eigenvalue weighted by molar-refractivity contribution is -0.112. The molecule has 186 valence electrons. The number of nitrogens with zero attached hydrogens (tertiary/aromatic N) is 2. The minimum atomic E-state index is 0.208. The van der Waals surface area contributed by atoms with Gasteiger partial charge in [-0.2, -0.15) is 5.10 Å². The summed E-state index contributed by atoms with van der Waals surface area (Å²) in [7, 11) is 0. The predicted octanol–water partition coefficient (Wildman–Crippen LogP) is 6.37. The molecule has 4 rings (SSSR count). The summed E-state index contributed by atoms with van der Waals surface area (Å²) in [5.74, 6) is 2.02. The fourth-order valence-corrected chi connectivity index (χ4v) is 5.79. The second-order valence-corrected chi connectivity index (χ2v) is 10.2. The number of carbonyl (C=O) groups excluding carboxylic acids is 1. The normalized spacial score (nSPS) is 18.0.